The molecule has 0 radical (unpaired) electrons. The molecule has 0 saturated carbocycles. The van der Waals surface area contributed by atoms with Crippen molar-refractivity contribution in [1.29, 1.82) is 0 Å². The van der Waals surface area contributed by atoms with E-state index in [1.807, 2.05) is 7.05 Å². The maximum absolute atomic E-state index is 5.79. The van der Waals surface area contributed by atoms with Gasteiger partial charge in [0.25, 0.3) is 0 Å². The Bertz CT molecular complexity index is 153. The molecule has 0 bridgehead atoms. The van der Waals surface area contributed by atoms with E-state index in [2.05, 4.69) is 19.2 Å². The summed E-state index contributed by atoms with van der Waals surface area (Å²) in [5.74, 6) is 0.709. The summed E-state index contributed by atoms with van der Waals surface area (Å²) in [6.07, 6.45) is 3.75. The lowest BCUT2D eigenvalue weighted by molar-refractivity contribution is -0.0117. The van der Waals surface area contributed by atoms with Crippen molar-refractivity contribution in [2.24, 2.45) is 5.92 Å². The minimum atomic E-state index is 0.350. The summed E-state index contributed by atoms with van der Waals surface area (Å²) in [5, 5.41) is 3.43. The van der Waals surface area contributed by atoms with Crippen molar-refractivity contribution in [2.75, 3.05) is 26.9 Å². The predicted octanol–water partition coefficient (Wildman–Crippen LogP) is 1.82. The molecule has 15 heavy (non-hydrogen) atoms. The topological polar surface area (TPSA) is 30.5 Å². The molecule has 1 saturated heterocycles. The molecule has 1 N–H and O–H groups in total. The number of hydrogen-bond donors (Lipinski definition) is 1. The zero-order valence-corrected chi connectivity index (χ0v) is 10.3. The zero-order chi connectivity index (χ0) is 11.1. The molecule has 1 rings (SSSR count). The largest absolute Gasteiger partial charge is 0.381 e. The van der Waals surface area contributed by atoms with Crippen molar-refractivity contribution in [3.05, 3.63) is 0 Å². The van der Waals surface area contributed by atoms with Crippen LogP contribution in [0.1, 0.15) is 33.1 Å². The van der Waals surface area contributed by atoms with E-state index in [4.69, 9.17) is 9.47 Å². The Labute approximate surface area is 93.5 Å². The predicted molar refractivity (Wildman–Crippen MR) is 62.1 cm³/mol. The van der Waals surface area contributed by atoms with Gasteiger partial charge in [-0.25, -0.2) is 0 Å². The monoisotopic (exact) mass is 215 g/mol. The average Bonchev–Trinajstić information content (AvgIpc) is 2.30. The second-order valence-corrected chi connectivity index (χ2v) is 4.17. The molecular weight excluding hydrogens is 190 g/mol. The minimum absolute atomic E-state index is 0.350. The van der Waals surface area contributed by atoms with E-state index in [-0.39, 0.29) is 0 Å². The summed E-state index contributed by atoms with van der Waals surface area (Å²) < 4.78 is 11.2. The number of nitrogens with one attached hydrogen (secondary N) is 1. The maximum atomic E-state index is 5.79. The Hall–Kier alpha value is -0.120. The summed E-state index contributed by atoms with van der Waals surface area (Å²) in [7, 11) is 2.04. The molecule has 1 heterocycles. The second kappa shape index (κ2) is 7.20. The molecule has 2 unspecified atom stereocenters. The van der Waals surface area contributed by atoms with Gasteiger partial charge < -0.3 is 14.8 Å². The van der Waals surface area contributed by atoms with E-state index in [1.165, 1.54) is 0 Å². The van der Waals surface area contributed by atoms with E-state index in [9.17, 15) is 0 Å². The third-order valence-corrected chi connectivity index (χ3v) is 3.29. The molecule has 3 heteroatoms. The van der Waals surface area contributed by atoms with Gasteiger partial charge in [-0.05, 0) is 39.2 Å². The van der Waals surface area contributed by atoms with Gasteiger partial charge in [-0.1, -0.05) is 6.92 Å². The fourth-order valence-corrected chi connectivity index (χ4v) is 2.49. The average molecular weight is 215 g/mol. The highest BCUT2D eigenvalue weighted by Gasteiger charge is 2.28. The lowest BCUT2D eigenvalue weighted by Crippen LogP contribution is -2.46. The first kappa shape index (κ1) is 12.9. The molecule has 0 aromatic rings. The highest BCUT2D eigenvalue weighted by molar-refractivity contribution is 4.83. The molecule has 0 amide bonds. The summed E-state index contributed by atoms with van der Waals surface area (Å²) in [5.41, 5.74) is 0. The molecule has 0 aromatic carbocycles. The van der Waals surface area contributed by atoms with Gasteiger partial charge in [-0.3, -0.25) is 0 Å². The van der Waals surface area contributed by atoms with Gasteiger partial charge in [0.05, 0.1) is 6.10 Å². The lowest BCUT2D eigenvalue weighted by atomic mass is 9.87. The van der Waals surface area contributed by atoms with Crippen LogP contribution in [0, 0.1) is 5.92 Å². The summed E-state index contributed by atoms with van der Waals surface area (Å²) in [6.45, 7) is 6.89. The summed E-state index contributed by atoms with van der Waals surface area (Å²) >= 11 is 0. The Morgan fingerprint density at radius 3 is 2.47 bits per heavy atom. The Morgan fingerprint density at radius 2 is 2.00 bits per heavy atom. The molecule has 2 atom stereocenters. The van der Waals surface area contributed by atoms with Crippen LogP contribution >= 0.6 is 0 Å². The third-order valence-electron chi connectivity index (χ3n) is 3.29. The summed E-state index contributed by atoms with van der Waals surface area (Å²) in [6, 6.07) is 0.485. The highest BCUT2D eigenvalue weighted by atomic mass is 16.5. The molecule has 90 valence electrons. The summed E-state index contributed by atoms with van der Waals surface area (Å²) in [4.78, 5) is 0. The van der Waals surface area contributed by atoms with Crippen LogP contribution in [0.3, 0.4) is 0 Å². The standard InChI is InChI=1S/C12H25NO2/c1-4-11(15-5-2)12(13-3)10-6-8-14-9-7-10/h10-13H,4-9H2,1-3H3. The highest BCUT2D eigenvalue weighted by Crippen LogP contribution is 2.23. The number of ether oxygens (including phenoxy) is 2. The molecule has 0 aliphatic carbocycles. The fraction of sp³-hybridized carbons (Fsp3) is 1.00. The molecule has 1 fully saturated rings. The van der Waals surface area contributed by atoms with Crippen LogP contribution in [-0.4, -0.2) is 39.0 Å². The van der Waals surface area contributed by atoms with Gasteiger partial charge >= 0.3 is 0 Å². The molecule has 0 aromatic heterocycles. The molecule has 1 aliphatic heterocycles. The fourth-order valence-electron chi connectivity index (χ4n) is 2.49. The van der Waals surface area contributed by atoms with Crippen molar-refractivity contribution < 1.29 is 9.47 Å². The van der Waals surface area contributed by atoms with Gasteiger partial charge in [0, 0.05) is 25.9 Å². The van der Waals surface area contributed by atoms with Crippen LogP contribution in [0.25, 0.3) is 0 Å². The number of likely N-dealkylation sites (N-methyl/N-ethyl adjacent to an activating group) is 1. The quantitative estimate of drug-likeness (QED) is 0.733. The smallest absolute Gasteiger partial charge is 0.0727 e. The van der Waals surface area contributed by atoms with E-state index < -0.39 is 0 Å². The van der Waals surface area contributed by atoms with E-state index in [1.54, 1.807) is 0 Å². The van der Waals surface area contributed by atoms with E-state index >= 15 is 0 Å². The first-order valence-electron chi connectivity index (χ1n) is 6.20. The van der Waals surface area contributed by atoms with Gasteiger partial charge in [-0.15, -0.1) is 0 Å². The molecule has 0 spiro atoms. The molecular formula is C12H25NO2. The normalized spacial score (nSPS) is 22.6. The Balaban J connectivity index is 2.50. The second-order valence-electron chi connectivity index (χ2n) is 4.17. The van der Waals surface area contributed by atoms with Crippen molar-refractivity contribution >= 4 is 0 Å². The SMILES string of the molecule is CCOC(CC)C(NC)C1CCOCC1. The third kappa shape index (κ3) is 3.74. The minimum Gasteiger partial charge on any atom is -0.381 e. The van der Waals surface area contributed by atoms with Crippen LogP contribution in [-0.2, 0) is 9.47 Å². The van der Waals surface area contributed by atoms with Crippen LogP contribution in [0.2, 0.25) is 0 Å². The number of rotatable bonds is 6. The van der Waals surface area contributed by atoms with Crippen LogP contribution in [0.5, 0.6) is 0 Å². The van der Waals surface area contributed by atoms with Gasteiger partial charge in [0.2, 0.25) is 0 Å². The van der Waals surface area contributed by atoms with E-state index in [0.29, 0.717) is 18.1 Å². The lowest BCUT2D eigenvalue weighted by Gasteiger charge is -2.35. The van der Waals surface area contributed by atoms with Crippen molar-refractivity contribution in [3.8, 4) is 0 Å². The molecule has 1 aliphatic rings. The number of hydrogen-bond acceptors (Lipinski definition) is 3. The van der Waals surface area contributed by atoms with E-state index in [0.717, 1.165) is 39.1 Å². The first-order valence-corrected chi connectivity index (χ1v) is 6.20. The van der Waals surface area contributed by atoms with Gasteiger partial charge in [0.1, 0.15) is 0 Å². The zero-order valence-electron chi connectivity index (χ0n) is 10.3. The van der Waals surface area contributed by atoms with Crippen LogP contribution < -0.4 is 5.32 Å². The molecule has 3 nitrogen and oxygen atoms in total. The Morgan fingerprint density at radius 1 is 1.33 bits per heavy atom. The van der Waals surface area contributed by atoms with Crippen LogP contribution in [0.4, 0.5) is 0 Å². The van der Waals surface area contributed by atoms with Gasteiger partial charge in [0.15, 0.2) is 0 Å². The van der Waals surface area contributed by atoms with Gasteiger partial charge in [-0.2, -0.15) is 0 Å². The Kier molecular flexibility index (Phi) is 6.22. The maximum Gasteiger partial charge on any atom is 0.0727 e. The van der Waals surface area contributed by atoms with Crippen molar-refractivity contribution in [3.63, 3.8) is 0 Å². The van der Waals surface area contributed by atoms with Crippen molar-refractivity contribution in [2.45, 2.75) is 45.3 Å². The van der Waals surface area contributed by atoms with Crippen molar-refractivity contribution in [1.82, 2.24) is 5.32 Å². The first-order chi connectivity index (χ1) is 7.33. The van der Waals surface area contributed by atoms with Crippen LogP contribution in [0.15, 0.2) is 0 Å².